The first kappa shape index (κ1) is 15.9. The van der Waals surface area contributed by atoms with Gasteiger partial charge in [0.15, 0.2) is 0 Å². The van der Waals surface area contributed by atoms with Gasteiger partial charge in [0.2, 0.25) is 0 Å². The zero-order valence-electron chi connectivity index (χ0n) is 5.74. The molecule has 0 atom stereocenters. The van der Waals surface area contributed by atoms with Crippen LogP contribution in [0.3, 0.4) is 0 Å². The van der Waals surface area contributed by atoms with Crippen molar-refractivity contribution in [3.8, 4) is 0 Å². The van der Waals surface area contributed by atoms with Crippen molar-refractivity contribution in [3.63, 3.8) is 0 Å². The summed E-state index contributed by atoms with van der Waals surface area (Å²) in [7, 11) is 0. The minimum atomic E-state index is -0.833. The predicted octanol–water partition coefficient (Wildman–Crippen LogP) is -0.484. The lowest BCUT2D eigenvalue weighted by atomic mass is 10.9. The molecule has 0 aromatic carbocycles. The standard InChI is InChI=1S/2C2H4O2.H3NO/c2*1-2(3)4;1-2/h2*1H3,(H,3,4);2H,1H2. The molecule has 0 aliphatic heterocycles. The van der Waals surface area contributed by atoms with E-state index >= 15 is 0 Å². The van der Waals surface area contributed by atoms with E-state index in [1.54, 1.807) is 0 Å². The first-order valence-corrected chi connectivity index (χ1v) is 2.11. The molecule has 0 aromatic heterocycles. The highest BCUT2D eigenvalue weighted by Crippen LogP contribution is 1.42. The third kappa shape index (κ3) is 181. The number of carbonyl (C=O) groups is 2. The SMILES string of the molecule is CC(=O)O.CC(=O)O.NO. The summed E-state index contributed by atoms with van der Waals surface area (Å²) >= 11 is 0. The zero-order valence-corrected chi connectivity index (χ0v) is 5.74. The van der Waals surface area contributed by atoms with Crippen LogP contribution in [0.4, 0.5) is 0 Å². The van der Waals surface area contributed by atoms with E-state index < -0.39 is 11.9 Å². The maximum Gasteiger partial charge on any atom is 0.300 e. The van der Waals surface area contributed by atoms with Crippen molar-refractivity contribution >= 4 is 11.9 Å². The van der Waals surface area contributed by atoms with Crippen molar-refractivity contribution in [3.05, 3.63) is 0 Å². The van der Waals surface area contributed by atoms with Gasteiger partial charge in [0.25, 0.3) is 11.9 Å². The van der Waals surface area contributed by atoms with E-state index in [9.17, 15) is 0 Å². The fraction of sp³-hybridized carbons (Fsp3) is 0.500. The van der Waals surface area contributed by atoms with Gasteiger partial charge in [0.1, 0.15) is 0 Å². The summed E-state index contributed by atoms with van der Waals surface area (Å²) in [4.78, 5) is 18.0. The Hall–Kier alpha value is -1.14. The van der Waals surface area contributed by atoms with E-state index in [4.69, 9.17) is 25.0 Å². The lowest BCUT2D eigenvalue weighted by Crippen LogP contribution is -1.78. The first-order valence-electron chi connectivity index (χ1n) is 2.11. The second-order valence-electron chi connectivity index (χ2n) is 1.04. The average molecular weight is 153 g/mol. The molecule has 0 rings (SSSR count). The van der Waals surface area contributed by atoms with Gasteiger partial charge in [-0.15, -0.1) is 0 Å². The summed E-state index contributed by atoms with van der Waals surface area (Å²) in [5.41, 5.74) is 0. The minimum Gasteiger partial charge on any atom is -0.481 e. The molecule has 0 aliphatic carbocycles. The van der Waals surface area contributed by atoms with Crippen LogP contribution in [0, 0.1) is 0 Å². The second-order valence-corrected chi connectivity index (χ2v) is 1.04. The van der Waals surface area contributed by atoms with Crippen molar-refractivity contribution in [1.82, 2.24) is 0 Å². The van der Waals surface area contributed by atoms with Gasteiger partial charge >= 0.3 is 0 Å². The number of nitrogens with two attached hydrogens (primary N) is 1. The summed E-state index contributed by atoms with van der Waals surface area (Å²) in [6, 6.07) is 0. The van der Waals surface area contributed by atoms with Crippen LogP contribution in [0.1, 0.15) is 13.8 Å². The van der Waals surface area contributed by atoms with Crippen LogP contribution in [0.2, 0.25) is 0 Å². The smallest absolute Gasteiger partial charge is 0.300 e. The molecule has 6 heteroatoms. The summed E-state index contributed by atoms with van der Waals surface area (Å²) in [5, 5.41) is 21.3. The van der Waals surface area contributed by atoms with Crippen molar-refractivity contribution in [2.45, 2.75) is 13.8 Å². The monoisotopic (exact) mass is 153 g/mol. The number of carboxylic acids is 2. The maximum absolute atomic E-state index is 9.00. The summed E-state index contributed by atoms with van der Waals surface area (Å²) in [6.45, 7) is 2.17. The van der Waals surface area contributed by atoms with E-state index in [-0.39, 0.29) is 0 Å². The topological polar surface area (TPSA) is 121 Å². The molecular formula is C4H11NO5. The number of carboxylic acid groups (broad SMARTS) is 2. The Morgan fingerprint density at radius 2 is 1.00 bits per heavy atom. The maximum atomic E-state index is 9.00. The Morgan fingerprint density at radius 3 is 1.00 bits per heavy atom. The zero-order chi connectivity index (χ0) is 9.15. The Bertz CT molecular complexity index is 71.6. The molecule has 0 saturated carbocycles. The van der Waals surface area contributed by atoms with Gasteiger partial charge < -0.3 is 15.4 Å². The van der Waals surface area contributed by atoms with Crippen molar-refractivity contribution < 1.29 is 25.0 Å². The van der Waals surface area contributed by atoms with Gasteiger partial charge in [-0.05, 0) is 0 Å². The van der Waals surface area contributed by atoms with Crippen LogP contribution in [-0.4, -0.2) is 27.4 Å². The molecule has 62 valence electrons. The minimum absolute atomic E-state index is 0.833. The molecule has 0 saturated heterocycles. The van der Waals surface area contributed by atoms with Gasteiger partial charge in [-0.1, -0.05) is 0 Å². The van der Waals surface area contributed by atoms with Crippen molar-refractivity contribution in [2.24, 2.45) is 5.90 Å². The Kier molecular flexibility index (Phi) is 25.0. The normalized spacial score (nSPS) is 5.60. The van der Waals surface area contributed by atoms with Crippen LogP contribution in [0.15, 0.2) is 0 Å². The first-order chi connectivity index (χ1) is 4.46. The molecule has 0 aliphatic rings. The van der Waals surface area contributed by atoms with E-state index in [1.165, 1.54) is 0 Å². The van der Waals surface area contributed by atoms with Gasteiger partial charge in [0, 0.05) is 13.8 Å². The molecule has 0 bridgehead atoms. The van der Waals surface area contributed by atoms with Crippen LogP contribution < -0.4 is 5.90 Å². The van der Waals surface area contributed by atoms with Gasteiger partial charge in [-0.25, -0.2) is 5.90 Å². The van der Waals surface area contributed by atoms with E-state index in [2.05, 4.69) is 5.90 Å². The summed E-state index contributed by atoms with van der Waals surface area (Å²) in [6.07, 6.45) is 0. The molecule has 0 radical (unpaired) electrons. The third-order valence-corrected chi connectivity index (χ3v) is 0. The quantitative estimate of drug-likeness (QED) is 0.348. The lowest BCUT2D eigenvalue weighted by Gasteiger charge is -1.59. The Balaban J connectivity index is -0.0000000787. The summed E-state index contributed by atoms with van der Waals surface area (Å²) < 4.78 is 0. The molecule has 6 nitrogen and oxygen atoms in total. The fourth-order valence-corrected chi connectivity index (χ4v) is 0. The van der Waals surface area contributed by atoms with Gasteiger partial charge in [-0.2, -0.15) is 0 Å². The highest BCUT2D eigenvalue weighted by molar-refractivity contribution is 5.63. The highest BCUT2D eigenvalue weighted by Gasteiger charge is 1.65. The number of hydrogen-bond acceptors (Lipinski definition) is 4. The van der Waals surface area contributed by atoms with Gasteiger partial charge in [0.05, 0.1) is 0 Å². The molecule has 0 spiro atoms. The molecular weight excluding hydrogens is 142 g/mol. The Morgan fingerprint density at radius 1 is 1.00 bits per heavy atom. The van der Waals surface area contributed by atoms with Crippen LogP contribution in [0.25, 0.3) is 0 Å². The fourth-order valence-electron chi connectivity index (χ4n) is 0. The molecule has 10 heavy (non-hydrogen) atoms. The largest absolute Gasteiger partial charge is 0.481 e. The van der Waals surface area contributed by atoms with Crippen molar-refractivity contribution in [2.75, 3.05) is 0 Å². The molecule has 0 amide bonds. The molecule has 0 aromatic rings. The van der Waals surface area contributed by atoms with Crippen molar-refractivity contribution in [1.29, 1.82) is 0 Å². The summed E-state index contributed by atoms with van der Waals surface area (Å²) in [5.74, 6) is 1.83. The molecule has 0 fully saturated rings. The van der Waals surface area contributed by atoms with E-state index in [0.29, 0.717) is 0 Å². The number of aliphatic carboxylic acids is 2. The number of hydrogen-bond donors (Lipinski definition) is 4. The van der Waals surface area contributed by atoms with Crippen LogP contribution in [-0.2, 0) is 9.59 Å². The van der Waals surface area contributed by atoms with E-state index in [1.807, 2.05) is 0 Å². The van der Waals surface area contributed by atoms with Crippen LogP contribution in [0.5, 0.6) is 0 Å². The molecule has 0 unspecified atom stereocenters. The molecule has 0 heterocycles. The highest BCUT2D eigenvalue weighted by atomic mass is 16.4. The predicted molar refractivity (Wildman–Crippen MR) is 32.6 cm³/mol. The number of rotatable bonds is 0. The van der Waals surface area contributed by atoms with E-state index in [0.717, 1.165) is 13.8 Å². The lowest BCUT2D eigenvalue weighted by molar-refractivity contribution is -0.135. The average Bonchev–Trinajstić information content (AvgIpc) is 1.66. The molecule has 5 N–H and O–H groups in total. The van der Waals surface area contributed by atoms with Crippen LogP contribution >= 0.6 is 0 Å². The van der Waals surface area contributed by atoms with Gasteiger partial charge in [-0.3, -0.25) is 9.59 Å². The third-order valence-electron chi connectivity index (χ3n) is 0. The second kappa shape index (κ2) is 15.7. The Labute approximate surface area is 57.8 Å².